The van der Waals surface area contributed by atoms with E-state index in [0.717, 1.165) is 39.0 Å². The van der Waals surface area contributed by atoms with E-state index in [1.54, 1.807) is 7.11 Å². The van der Waals surface area contributed by atoms with Crippen molar-refractivity contribution in [2.75, 3.05) is 26.7 Å². The molecule has 0 aromatic carbocycles. The van der Waals surface area contributed by atoms with Crippen LogP contribution in [0.25, 0.3) is 0 Å². The fraction of sp³-hybridized carbons (Fsp3) is 0.533. The van der Waals surface area contributed by atoms with Crippen LogP contribution in [0.5, 0.6) is 5.88 Å². The number of rotatable bonds is 5. The molecule has 102 valence electrons. The summed E-state index contributed by atoms with van der Waals surface area (Å²) in [6, 6.07) is 4.52. The van der Waals surface area contributed by atoms with Gasteiger partial charge < -0.3 is 10.1 Å². The maximum atomic E-state index is 5.33. The molecular formula is C15H21N3O. The third-order valence-electron chi connectivity index (χ3n) is 3.50. The van der Waals surface area contributed by atoms with Crippen LogP contribution in [-0.4, -0.2) is 42.7 Å². The van der Waals surface area contributed by atoms with Crippen molar-refractivity contribution in [1.29, 1.82) is 0 Å². The molecule has 1 aromatic rings. The maximum Gasteiger partial charge on any atom is 0.212 e. The molecule has 2 rings (SSSR count). The Kier molecular flexibility index (Phi) is 5.20. The van der Waals surface area contributed by atoms with E-state index >= 15 is 0 Å². The third-order valence-corrected chi connectivity index (χ3v) is 3.50. The number of hydrogen-bond donors (Lipinski definition) is 1. The van der Waals surface area contributed by atoms with E-state index < -0.39 is 0 Å². The van der Waals surface area contributed by atoms with Gasteiger partial charge in [-0.2, -0.15) is 0 Å². The van der Waals surface area contributed by atoms with Crippen molar-refractivity contribution in [1.82, 2.24) is 15.2 Å². The summed E-state index contributed by atoms with van der Waals surface area (Å²) in [5, 5.41) is 3.58. The van der Waals surface area contributed by atoms with Crippen molar-refractivity contribution in [3.63, 3.8) is 0 Å². The van der Waals surface area contributed by atoms with Gasteiger partial charge in [0.15, 0.2) is 0 Å². The second-order valence-electron chi connectivity index (χ2n) is 4.84. The number of terminal acetylenes is 1. The first kappa shape index (κ1) is 13.9. The minimum absolute atomic E-state index is 0.580. The topological polar surface area (TPSA) is 37.4 Å². The monoisotopic (exact) mass is 259 g/mol. The Morgan fingerprint density at radius 3 is 2.84 bits per heavy atom. The van der Waals surface area contributed by atoms with Gasteiger partial charge in [-0.25, -0.2) is 4.98 Å². The second kappa shape index (κ2) is 7.13. The van der Waals surface area contributed by atoms with Crippen molar-refractivity contribution in [3.8, 4) is 18.2 Å². The Morgan fingerprint density at radius 2 is 2.26 bits per heavy atom. The van der Waals surface area contributed by atoms with Gasteiger partial charge in [0.1, 0.15) is 0 Å². The molecule has 1 fully saturated rings. The number of nitrogens with zero attached hydrogens (tertiary/aromatic N) is 2. The van der Waals surface area contributed by atoms with Crippen LogP contribution in [0.15, 0.2) is 18.3 Å². The first-order chi connectivity index (χ1) is 9.31. The Bertz CT molecular complexity index is 416. The number of methoxy groups -OCH3 is 1. The molecule has 4 nitrogen and oxygen atoms in total. The minimum atomic E-state index is 0.580. The molecule has 1 saturated heterocycles. The van der Waals surface area contributed by atoms with Crippen molar-refractivity contribution in [3.05, 3.63) is 23.9 Å². The molecule has 0 radical (unpaired) electrons. The summed E-state index contributed by atoms with van der Waals surface area (Å²) < 4.78 is 5.05. The second-order valence-corrected chi connectivity index (χ2v) is 4.84. The summed E-state index contributed by atoms with van der Waals surface area (Å²) in [6.45, 7) is 3.80. The van der Waals surface area contributed by atoms with Crippen LogP contribution < -0.4 is 10.1 Å². The van der Waals surface area contributed by atoms with E-state index in [4.69, 9.17) is 11.2 Å². The van der Waals surface area contributed by atoms with Crippen LogP contribution in [0.2, 0.25) is 0 Å². The number of likely N-dealkylation sites (tertiary alicyclic amines) is 1. The van der Waals surface area contributed by atoms with Gasteiger partial charge >= 0.3 is 0 Å². The molecule has 1 N–H and O–H groups in total. The van der Waals surface area contributed by atoms with Crippen LogP contribution in [0.4, 0.5) is 0 Å². The minimum Gasteiger partial charge on any atom is -0.481 e. The first-order valence-corrected chi connectivity index (χ1v) is 6.70. The number of piperidine rings is 1. The van der Waals surface area contributed by atoms with Gasteiger partial charge in [-0.05, 0) is 18.4 Å². The molecular weight excluding hydrogens is 238 g/mol. The lowest BCUT2D eigenvalue weighted by atomic mass is 10.0. The fourth-order valence-corrected chi connectivity index (χ4v) is 2.32. The zero-order valence-corrected chi connectivity index (χ0v) is 11.4. The molecule has 1 aliphatic heterocycles. The molecule has 0 amide bonds. The molecule has 0 bridgehead atoms. The van der Waals surface area contributed by atoms with E-state index in [-0.39, 0.29) is 0 Å². The van der Waals surface area contributed by atoms with E-state index in [0.29, 0.717) is 11.9 Å². The standard InChI is InChI=1S/C15H21N3O/c1-3-8-18-9-6-14(7-10-18)16-11-13-4-5-15(19-2)17-12-13/h1,4-5,12,14,16H,6-11H2,2H3. The van der Waals surface area contributed by atoms with E-state index in [1.807, 2.05) is 18.3 Å². The van der Waals surface area contributed by atoms with Crippen molar-refractivity contribution < 1.29 is 4.74 Å². The average molecular weight is 259 g/mol. The molecule has 4 heteroatoms. The van der Waals surface area contributed by atoms with Crippen LogP contribution in [0.1, 0.15) is 18.4 Å². The zero-order valence-electron chi connectivity index (χ0n) is 11.4. The number of nitrogens with one attached hydrogen (secondary N) is 1. The lowest BCUT2D eigenvalue weighted by molar-refractivity contribution is 0.217. The van der Waals surface area contributed by atoms with Gasteiger partial charge in [0.2, 0.25) is 5.88 Å². The largest absolute Gasteiger partial charge is 0.481 e. The Morgan fingerprint density at radius 1 is 1.47 bits per heavy atom. The number of hydrogen-bond acceptors (Lipinski definition) is 4. The molecule has 0 atom stereocenters. The number of pyridine rings is 1. The van der Waals surface area contributed by atoms with Crippen molar-refractivity contribution >= 4 is 0 Å². The third kappa shape index (κ3) is 4.23. The zero-order chi connectivity index (χ0) is 13.5. The highest BCUT2D eigenvalue weighted by Gasteiger charge is 2.17. The molecule has 0 saturated carbocycles. The van der Waals surface area contributed by atoms with Gasteiger partial charge in [0, 0.05) is 37.9 Å². The van der Waals surface area contributed by atoms with Gasteiger partial charge in [-0.1, -0.05) is 12.0 Å². The lowest BCUT2D eigenvalue weighted by Gasteiger charge is -2.31. The normalized spacial score (nSPS) is 17.1. The van der Waals surface area contributed by atoms with Crippen LogP contribution in [0.3, 0.4) is 0 Å². The van der Waals surface area contributed by atoms with Gasteiger partial charge in [0.25, 0.3) is 0 Å². The quantitative estimate of drug-likeness (QED) is 0.808. The summed E-state index contributed by atoms with van der Waals surface area (Å²) in [7, 11) is 1.63. The highest BCUT2D eigenvalue weighted by atomic mass is 16.5. The first-order valence-electron chi connectivity index (χ1n) is 6.70. The average Bonchev–Trinajstić information content (AvgIpc) is 2.47. The predicted molar refractivity (Wildman–Crippen MR) is 75.9 cm³/mol. The van der Waals surface area contributed by atoms with Crippen LogP contribution >= 0.6 is 0 Å². The predicted octanol–water partition coefficient (Wildman–Crippen LogP) is 1.28. The van der Waals surface area contributed by atoms with Crippen LogP contribution in [0, 0.1) is 12.3 Å². The molecule has 0 aliphatic carbocycles. The highest BCUT2D eigenvalue weighted by Crippen LogP contribution is 2.11. The van der Waals surface area contributed by atoms with Crippen LogP contribution in [-0.2, 0) is 6.54 Å². The van der Waals surface area contributed by atoms with Crippen molar-refractivity contribution in [2.24, 2.45) is 0 Å². The maximum absolute atomic E-state index is 5.33. The van der Waals surface area contributed by atoms with Crippen molar-refractivity contribution in [2.45, 2.75) is 25.4 Å². The molecule has 19 heavy (non-hydrogen) atoms. The molecule has 2 heterocycles. The van der Waals surface area contributed by atoms with Gasteiger partial charge in [0.05, 0.1) is 13.7 Å². The SMILES string of the molecule is C#CCN1CCC(NCc2ccc(OC)nc2)CC1. The fourth-order valence-electron chi connectivity index (χ4n) is 2.32. The summed E-state index contributed by atoms with van der Waals surface area (Å²) in [5.74, 6) is 3.36. The van der Waals surface area contributed by atoms with E-state index in [9.17, 15) is 0 Å². The summed E-state index contributed by atoms with van der Waals surface area (Å²) in [5.41, 5.74) is 1.19. The molecule has 1 aromatic heterocycles. The Hall–Kier alpha value is -1.57. The molecule has 0 spiro atoms. The highest BCUT2D eigenvalue weighted by molar-refractivity contribution is 5.17. The van der Waals surface area contributed by atoms with Gasteiger partial charge in [-0.3, -0.25) is 4.90 Å². The summed E-state index contributed by atoms with van der Waals surface area (Å²) >= 11 is 0. The molecule has 0 unspecified atom stereocenters. The lowest BCUT2D eigenvalue weighted by Crippen LogP contribution is -2.42. The smallest absolute Gasteiger partial charge is 0.212 e. The van der Waals surface area contributed by atoms with E-state index in [2.05, 4.69) is 21.1 Å². The Balaban J connectivity index is 1.72. The Labute approximate surface area is 115 Å². The van der Waals surface area contributed by atoms with Gasteiger partial charge in [-0.15, -0.1) is 6.42 Å². The number of ether oxygens (including phenoxy) is 1. The number of aromatic nitrogens is 1. The molecule has 1 aliphatic rings. The van der Waals surface area contributed by atoms with E-state index in [1.165, 1.54) is 5.56 Å². The summed E-state index contributed by atoms with van der Waals surface area (Å²) in [4.78, 5) is 6.53. The summed E-state index contributed by atoms with van der Waals surface area (Å²) in [6.07, 6.45) is 9.50.